The lowest BCUT2D eigenvalue weighted by Gasteiger charge is -2.12. The van der Waals surface area contributed by atoms with Crippen molar-refractivity contribution in [1.29, 1.82) is 0 Å². The molecule has 0 saturated heterocycles. The Balaban J connectivity index is 2.14. The zero-order chi connectivity index (χ0) is 10.4. The average Bonchev–Trinajstić information content (AvgIpc) is 2.56. The molecule has 0 aromatic heterocycles. The molecular formula is C10H21NO2S. The Morgan fingerprint density at radius 2 is 2.07 bits per heavy atom. The highest BCUT2D eigenvalue weighted by molar-refractivity contribution is 7.85. The van der Waals surface area contributed by atoms with Crippen LogP contribution in [-0.2, 0) is 10.8 Å². The summed E-state index contributed by atoms with van der Waals surface area (Å²) >= 11 is 0. The van der Waals surface area contributed by atoms with Gasteiger partial charge in [0.2, 0.25) is 0 Å². The maximum Gasteiger partial charge on any atom is 0.0446 e. The zero-order valence-corrected chi connectivity index (χ0v) is 9.47. The summed E-state index contributed by atoms with van der Waals surface area (Å²) < 4.78 is 11.6. The van der Waals surface area contributed by atoms with Crippen molar-refractivity contribution in [2.45, 2.75) is 38.1 Å². The Morgan fingerprint density at radius 3 is 2.64 bits per heavy atom. The van der Waals surface area contributed by atoms with Crippen LogP contribution in [-0.4, -0.2) is 33.5 Å². The predicted octanol–water partition coefficient (Wildman–Crippen LogP) is 0.635. The van der Waals surface area contributed by atoms with Gasteiger partial charge in [0, 0.05) is 35.0 Å². The molecule has 0 radical (unpaired) electrons. The number of aliphatic hydroxyl groups is 1. The van der Waals surface area contributed by atoms with Gasteiger partial charge in [-0.05, 0) is 25.2 Å². The van der Waals surface area contributed by atoms with E-state index in [1.54, 1.807) is 0 Å². The molecule has 0 aromatic rings. The third-order valence-corrected chi connectivity index (χ3v) is 4.44. The molecule has 1 aliphatic carbocycles. The van der Waals surface area contributed by atoms with E-state index in [4.69, 9.17) is 10.8 Å². The quantitative estimate of drug-likeness (QED) is 0.689. The van der Waals surface area contributed by atoms with Gasteiger partial charge in [0.15, 0.2) is 0 Å². The summed E-state index contributed by atoms with van der Waals surface area (Å²) in [6, 6.07) is -0.0952. The molecule has 2 unspecified atom stereocenters. The number of hydrogen-bond acceptors (Lipinski definition) is 3. The molecule has 0 aromatic carbocycles. The molecular weight excluding hydrogens is 198 g/mol. The molecule has 1 fully saturated rings. The molecule has 4 heteroatoms. The van der Waals surface area contributed by atoms with Gasteiger partial charge in [-0.1, -0.05) is 12.8 Å². The number of rotatable bonds is 6. The molecule has 3 nitrogen and oxygen atoms in total. The molecule has 0 amide bonds. The second-order valence-electron chi connectivity index (χ2n) is 4.20. The maximum atomic E-state index is 11.6. The number of hydrogen-bond donors (Lipinski definition) is 2. The van der Waals surface area contributed by atoms with Crippen LogP contribution in [0.2, 0.25) is 0 Å². The molecule has 1 saturated carbocycles. The van der Waals surface area contributed by atoms with Gasteiger partial charge in [-0.2, -0.15) is 0 Å². The van der Waals surface area contributed by atoms with Crippen LogP contribution in [0, 0.1) is 5.92 Å². The van der Waals surface area contributed by atoms with E-state index in [0.717, 1.165) is 5.75 Å². The summed E-state index contributed by atoms with van der Waals surface area (Å²) in [4.78, 5) is 0. The van der Waals surface area contributed by atoms with Crippen LogP contribution in [0.4, 0.5) is 0 Å². The molecule has 1 aliphatic rings. The second-order valence-corrected chi connectivity index (χ2v) is 5.74. The summed E-state index contributed by atoms with van der Waals surface area (Å²) in [5.74, 6) is 2.04. The minimum absolute atomic E-state index is 0.0952. The summed E-state index contributed by atoms with van der Waals surface area (Å²) in [5.41, 5.74) is 5.71. The highest BCUT2D eigenvalue weighted by atomic mass is 32.2. The molecule has 0 spiro atoms. The highest BCUT2D eigenvalue weighted by Crippen LogP contribution is 2.25. The predicted molar refractivity (Wildman–Crippen MR) is 59.5 cm³/mol. The van der Waals surface area contributed by atoms with Crippen molar-refractivity contribution in [2.75, 3.05) is 18.1 Å². The third kappa shape index (κ3) is 4.53. The highest BCUT2D eigenvalue weighted by Gasteiger charge is 2.18. The van der Waals surface area contributed by atoms with Crippen LogP contribution >= 0.6 is 0 Å². The topological polar surface area (TPSA) is 63.3 Å². The monoisotopic (exact) mass is 219 g/mol. The standard InChI is InChI=1S/C10H21NO2S/c11-10(5-6-12)8-14(13)7-9-3-1-2-4-9/h9-10,12H,1-8,11H2. The smallest absolute Gasteiger partial charge is 0.0446 e. The maximum absolute atomic E-state index is 11.6. The minimum Gasteiger partial charge on any atom is -0.396 e. The fourth-order valence-corrected chi connectivity index (χ4v) is 3.64. The van der Waals surface area contributed by atoms with E-state index in [-0.39, 0.29) is 12.6 Å². The van der Waals surface area contributed by atoms with Gasteiger partial charge in [0.25, 0.3) is 0 Å². The van der Waals surface area contributed by atoms with Crippen molar-refractivity contribution in [3.8, 4) is 0 Å². The Bertz CT molecular complexity index is 181. The average molecular weight is 219 g/mol. The van der Waals surface area contributed by atoms with Gasteiger partial charge in [-0.15, -0.1) is 0 Å². The van der Waals surface area contributed by atoms with Gasteiger partial charge in [0.1, 0.15) is 0 Å². The van der Waals surface area contributed by atoms with Gasteiger partial charge >= 0.3 is 0 Å². The lowest BCUT2D eigenvalue weighted by molar-refractivity contribution is 0.279. The number of aliphatic hydroxyl groups excluding tert-OH is 1. The van der Waals surface area contributed by atoms with Crippen molar-refractivity contribution in [2.24, 2.45) is 11.7 Å². The summed E-state index contributed by atoms with van der Waals surface area (Å²) in [5, 5.41) is 8.65. The lowest BCUT2D eigenvalue weighted by atomic mass is 10.1. The van der Waals surface area contributed by atoms with Crippen molar-refractivity contribution >= 4 is 10.8 Å². The van der Waals surface area contributed by atoms with Crippen LogP contribution in [0.15, 0.2) is 0 Å². The van der Waals surface area contributed by atoms with E-state index in [1.165, 1.54) is 25.7 Å². The Kier molecular flexibility index (Phi) is 5.67. The van der Waals surface area contributed by atoms with Crippen LogP contribution < -0.4 is 5.73 Å². The van der Waals surface area contributed by atoms with E-state index < -0.39 is 10.8 Å². The van der Waals surface area contributed by atoms with Crippen molar-refractivity contribution in [3.05, 3.63) is 0 Å². The van der Waals surface area contributed by atoms with Gasteiger partial charge in [0.05, 0.1) is 0 Å². The van der Waals surface area contributed by atoms with Gasteiger partial charge in [-0.3, -0.25) is 4.21 Å². The Hall–Kier alpha value is 0.0700. The fourth-order valence-electron chi connectivity index (χ4n) is 2.00. The van der Waals surface area contributed by atoms with Crippen molar-refractivity contribution in [3.63, 3.8) is 0 Å². The molecule has 84 valence electrons. The van der Waals surface area contributed by atoms with E-state index in [0.29, 0.717) is 18.1 Å². The molecule has 1 rings (SSSR count). The molecule has 2 atom stereocenters. The Morgan fingerprint density at radius 1 is 1.43 bits per heavy atom. The summed E-state index contributed by atoms with van der Waals surface area (Å²) in [6.45, 7) is 0.0990. The molecule has 14 heavy (non-hydrogen) atoms. The SMILES string of the molecule is NC(CCO)CS(=O)CC1CCCC1. The van der Waals surface area contributed by atoms with E-state index in [9.17, 15) is 4.21 Å². The van der Waals surface area contributed by atoms with Crippen LogP contribution in [0.1, 0.15) is 32.1 Å². The third-order valence-electron chi connectivity index (χ3n) is 2.80. The first-order valence-corrected chi connectivity index (χ1v) is 6.92. The number of nitrogens with two attached hydrogens (primary N) is 1. The van der Waals surface area contributed by atoms with E-state index >= 15 is 0 Å². The summed E-state index contributed by atoms with van der Waals surface area (Å²) in [7, 11) is -0.778. The van der Waals surface area contributed by atoms with Crippen LogP contribution in [0.5, 0.6) is 0 Å². The van der Waals surface area contributed by atoms with Gasteiger partial charge in [-0.25, -0.2) is 0 Å². The first kappa shape index (κ1) is 12.1. The molecule has 3 N–H and O–H groups in total. The zero-order valence-electron chi connectivity index (χ0n) is 8.65. The van der Waals surface area contributed by atoms with Gasteiger partial charge < -0.3 is 10.8 Å². The van der Waals surface area contributed by atoms with Crippen molar-refractivity contribution < 1.29 is 9.32 Å². The first-order chi connectivity index (χ1) is 6.72. The first-order valence-electron chi connectivity index (χ1n) is 5.43. The van der Waals surface area contributed by atoms with Crippen LogP contribution in [0.25, 0.3) is 0 Å². The van der Waals surface area contributed by atoms with Crippen LogP contribution in [0.3, 0.4) is 0 Å². The Labute approximate surface area is 88.5 Å². The fraction of sp³-hybridized carbons (Fsp3) is 1.00. The van der Waals surface area contributed by atoms with E-state index in [2.05, 4.69) is 0 Å². The molecule has 0 bridgehead atoms. The van der Waals surface area contributed by atoms with E-state index in [1.807, 2.05) is 0 Å². The lowest BCUT2D eigenvalue weighted by Crippen LogP contribution is -2.29. The molecule has 0 heterocycles. The minimum atomic E-state index is -0.778. The largest absolute Gasteiger partial charge is 0.396 e. The molecule has 0 aliphatic heterocycles. The van der Waals surface area contributed by atoms with Crippen molar-refractivity contribution in [1.82, 2.24) is 0 Å². The second kappa shape index (κ2) is 6.53. The normalized spacial score (nSPS) is 22.4. The summed E-state index contributed by atoms with van der Waals surface area (Å²) in [6.07, 6.45) is 5.63.